The Balaban J connectivity index is 1.72. The maximum atomic E-state index is 6.30. The first kappa shape index (κ1) is 16.3. The number of nitrogens with two attached hydrogens (primary N) is 1. The third kappa shape index (κ3) is 2.82. The zero-order chi connectivity index (χ0) is 18.1. The second kappa shape index (κ2) is 6.61. The van der Waals surface area contributed by atoms with E-state index >= 15 is 0 Å². The number of hydrogen-bond donors (Lipinski definition) is 1. The van der Waals surface area contributed by atoms with Crippen LogP contribution >= 0.6 is 11.3 Å². The minimum Gasteiger partial charge on any atom is -0.497 e. The molecule has 0 bridgehead atoms. The van der Waals surface area contributed by atoms with E-state index in [4.69, 9.17) is 15.5 Å². The molecule has 0 fully saturated rings. The summed E-state index contributed by atoms with van der Waals surface area (Å²) in [5, 5.41) is 11.2. The molecule has 130 valence electrons. The van der Waals surface area contributed by atoms with E-state index in [0.717, 1.165) is 27.7 Å². The Hall–Kier alpha value is -3.19. The lowest BCUT2D eigenvalue weighted by Crippen LogP contribution is -2.02. The summed E-state index contributed by atoms with van der Waals surface area (Å²) >= 11 is 1.50. The monoisotopic (exact) mass is 363 g/mol. The van der Waals surface area contributed by atoms with E-state index in [1.54, 1.807) is 11.8 Å². The van der Waals surface area contributed by atoms with Gasteiger partial charge in [0.1, 0.15) is 10.8 Å². The molecule has 2 aromatic carbocycles. The molecular formula is C19H17N5OS. The van der Waals surface area contributed by atoms with Gasteiger partial charge in [0, 0.05) is 17.0 Å². The molecule has 2 N–H and O–H groups in total. The largest absolute Gasteiger partial charge is 0.497 e. The van der Waals surface area contributed by atoms with Gasteiger partial charge in [-0.05, 0) is 24.6 Å². The minimum absolute atomic E-state index is 0.448. The van der Waals surface area contributed by atoms with Crippen LogP contribution in [-0.2, 0) is 0 Å². The van der Waals surface area contributed by atoms with Crippen LogP contribution in [-0.4, -0.2) is 27.1 Å². The van der Waals surface area contributed by atoms with E-state index in [-0.39, 0.29) is 0 Å². The van der Waals surface area contributed by atoms with Gasteiger partial charge in [0.15, 0.2) is 11.5 Å². The van der Waals surface area contributed by atoms with Crippen molar-refractivity contribution in [1.29, 1.82) is 0 Å². The molecule has 0 amide bonds. The lowest BCUT2D eigenvalue weighted by Gasteiger charge is -2.05. The quantitative estimate of drug-likeness (QED) is 0.594. The molecule has 0 atom stereocenters. The van der Waals surface area contributed by atoms with Crippen LogP contribution in [0.2, 0.25) is 0 Å². The molecule has 4 aromatic rings. The number of benzene rings is 2. The number of thiazole rings is 1. The average Bonchev–Trinajstić information content (AvgIpc) is 3.29. The van der Waals surface area contributed by atoms with E-state index in [1.807, 2.05) is 41.8 Å². The van der Waals surface area contributed by atoms with E-state index in [9.17, 15) is 0 Å². The van der Waals surface area contributed by atoms with Gasteiger partial charge in [0.2, 0.25) is 0 Å². The Morgan fingerprint density at radius 2 is 1.96 bits per heavy atom. The maximum absolute atomic E-state index is 6.30. The summed E-state index contributed by atoms with van der Waals surface area (Å²) in [6.45, 7) is 2.07. The van der Waals surface area contributed by atoms with Crippen molar-refractivity contribution in [2.75, 3.05) is 12.8 Å². The first-order valence-electron chi connectivity index (χ1n) is 8.05. The Kier molecular flexibility index (Phi) is 4.14. The summed E-state index contributed by atoms with van der Waals surface area (Å²) in [5.41, 5.74) is 10.9. The Labute approximate surface area is 154 Å². The fourth-order valence-electron chi connectivity index (χ4n) is 2.74. The van der Waals surface area contributed by atoms with Crippen molar-refractivity contribution in [1.82, 2.24) is 20.0 Å². The fourth-order valence-corrected chi connectivity index (χ4v) is 3.55. The molecule has 26 heavy (non-hydrogen) atoms. The van der Waals surface area contributed by atoms with Crippen molar-refractivity contribution in [3.05, 3.63) is 59.5 Å². The molecule has 4 rings (SSSR count). The number of aryl methyl sites for hydroxylation is 1. The maximum Gasteiger partial charge on any atom is 0.165 e. The highest BCUT2D eigenvalue weighted by molar-refractivity contribution is 7.13. The van der Waals surface area contributed by atoms with Crippen molar-refractivity contribution < 1.29 is 4.74 Å². The van der Waals surface area contributed by atoms with E-state index < -0.39 is 0 Å². The zero-order valence-electron chi connectivity index (χ0n) is 14.4. The lowest BCUT2D eigenvalue weighted by atomic mass is 10.1. The number of nitrogens with zero attached hydrogens (tertiary/aromatic N) is 4. The molecule has 0 unspecified atom stereocenters. The molecule has 0 spiro atoms. The van der Waals surface area contributed by atoms with Gasteiger partial charge in [0.05, 0.1) is 18.5 Å². The molecule has 7 heteroatoms. The second-order valence-electron chi connectivity index (χ2n) is 5.79. The fraction of sp³-hybridized carbons (Fsp3) is 0.105. The van der Waals surface area contributed by atoms with Crippen LogP contribution in [0.15, 0.2) is 53.9 Å². The molecule has 2 heterocycles. The van der Waals surface area contributed by atoms with Crippen LogP contribution in [0.5, 0.6) is 5.75 Å². The van der Waals surface area contributed by atoms with Gasteiger partial charge in [-0.1, -0.05) is 35.5 Å². The number of ether oxygens (including phenoxy) is 1. The third-order valence-corrected chi connectivity index (χ3v) is 4.98. The minimum atomic E-state index is 0.448. The summed E-state index contributed by atoms with van der Waals surface area (Å²) in [6, 6.07) is 15.7. The summed E-state index contributed by atoms with van der Waals surface area (Å²) in [5.74, 6) is 1.18. The van der Waals surface area contributed by atoms with Crippen molar-refractivity contribution in [3.8, 4) is 33.4 Å². The van der Waals surface area contributed by atoms with Crippen molar-refractivity contribution in [2.45, 2.75) is 6.92 Å². The van der Waals surface area contributed by atoms with Gasteiger partial charge in [-0.25, -0.2) is 4.98 Å². The molecule has 0 aliphatic carbocycles. The Morgan fingerprint density at radius 1 is 1.12 bits per heavy atom. The molecule has 0 aliphatic heterocycles. The van der Waals surface area contributed by atoms with Crippen LogP contribution in [0.25, 0.3) is 27.6 Å². The molecule has 6 nitrogen and oxygen atoms in total. The summed E-state index contributed by atoms with van der Waals surface area (Å²) < 4.78 is 6.85. The lowest BCUT2D eigenvalue weighted by molar-refractivity contribution is 0.414. The normalized spacial score (nSPS) is 10.8. The van der Waals surface area contributed by atoms with Gasteiger partial charge in [-0.2, -0.15) is 4.68 Å². The molecule has 0 radical (unpaired) electrons. The van der Waals surface area contributed by atoms with Gasteiger partial charge < -0.3 is 10.5 Å². The number of rotatable bonds is 4. The van der Waals surface area contributed by atoms with Gasteiger partial charge in [-0.3, -0.25) is 0 Å². The number of anilines is 1. The predicted molar refractivity (Wildman–Crippen MR) is 104 cm³/mol. The van der Waals surface area contributed by atoms with E-state index in [0.29, 0.717) is 11.5 Å². The smallest absolute Gasteiger partial charge is 0.165 e. The summed E-state index contributed by atoms with van der Waals surface area (Å²) in [6.07, 6.45) is 0. The number of aromatic nitrogens is 4. The zero-order valence-corrected chi connectivity index (χ0v) is 15.2. The van der Waals surface area contributed by atoms with E-state index in [1.165, 1.54) is 16.9 Å². The molecule has 2 aromatic heterocycles. The van der Waals surface area contributed by atoms with Crippen molar-refractivity contribution >= 4 is 17.2 Å². The van der Waals surface area contributed by atoms with Crippen molar-refractivity contribution in [3.63, 3.8) is 0 Å². The van der Waals surface area contributed by atoms with E-state index in [2.05, 4.69) is 29.4 Å². The first-order chi connectivity index (χ1) is 12.7. The number of nitrogen functional groups attached to an aromatic ring is 1. The Bertz CT molecular complexity index is 1070. The Morgan fingerprint density at radius 3 is 2.77 bits per heavy atom. The van der Waals surface area contributed by atoms with Gasteiger partial charge in [-0.15, -0.1) is 16.4 Å². The van der Waals surface area contributed by atoms with Crippen LogP contribution in [0, 0.1) is 6.92 Å². The SMILES string of the molecule is COc1cccc(-n2nnc(-c3nc(-c4ccccc4C)cs3)c2N)c1. The van der Waals surface area contributed by atoms with Crippen LogP contribution in [0.3, 0.4) is 0 Å². The van der Waals surface area contributed by atoms with Crippen LogP contribution < -0.4 is 10.5 Å². The van der Waals surface area contributed by atoms with Crippen LogP contribution in [0.4, 0.5) is 5.82 Å². The molecule has 0 aliphatic rings. The molecule has 0 saturated carbocycles. The first-order valence-corrected chi connectivity index (χ1v) is 8.93. The van der Waals surface area contributed by atoms with Crippen LogP contribution in [0.1, 0.15) is 5.56 Å². The van der Waals surface area contributed by atoms with Gasteiger partial charge >= 0.3 is 0 Å². The summed E-state index contributed by atoms with van der Waals surface area (Å²) in [7, 11) is 1.62. The summed E-state index contributed by atoms with van der Waals surface area (Å²) in [4.78, 5) is 4.71. The highest BCUT2D eigenvalue weighted by atomic mass is 32.1. The third-order valence-electron chi connectivity index (χ3n) is 4.13. The highest BCUT2D eigenvalue weighted by Gasteiger charge is 2.17. The average molecular weight is 363 g/mol. The molecule has 0 saturated heterocycles. The van der Waals surface area contributed by atoms with Gasteiger partial charge in [0.25, 0.3) is 0 Å². The number of methoxy groups -OCH3 is 1. The second-order valence-corrected chi connectivity index (χ2v) is 6.65. The number of hydrogen-bond acceptors (Lipinski definition) is 6. The highest BCUT2D eigenvalue weighted by Crippen LogP contribution is 2.32. The molecular weight excluding hydrogens is 346 g/mol. The predicted octanol–water partition coefficient (Wildman–Crippen LogP) is 3.96. The standard InChI is InChI=1S/C19H17N5OS/c1-12-6-3-4-9-15(12)16-11-26-19(21-16)17-18(20)24(23-22-17)13-7-5-8-14(10-13)25-2/h3-11H,20H2,1-2H3. The topological polar surface area (TPSA) is 78.8 Å². The van der Waals surface area contributed by atoms with Crippen molar-refractivity contribution in [2.24, 2.45) is 0 Å².